The molecule has 7 nitrogen and oxygen atoms in total. The van der Waals surface area contributed by atoms with Crippen molar-refractivity contribution >= 4 is 28.5 Å². The molecule has 3 aromatic rings. The van der Waals surface area contributed by atoms with Gasteiger partial charge in [-0.05, 0) is 37.5 Å². The van der Waals surface area contributed by atoms with E-state index in [0.717, 1.165) is 42.5 Å². The van der Waals surface area contributed by atoms with Crippen LogP contribution in [-0.4, -0.2) is 28.1 Å². The third-order valence-corrected chi connectivity index (χ3v) is 4.99. The summed E-state index contributed by atoms with van der Waals surface area (Å²) >= 11 is 0. The largest absolute Gasteiger partial charge is 0.359 e. The van der Waals surface area contributed by atoms with Crippen molar-refractivity contribution in [3.63, 3.8) is 0 Å². The van der Waals surface area contributed by atoms with E-state index in [0.29, 0.717) is 29.5 Å². The number of hydrogen-bond donors (Lipinski definition) is 2. The first-order valence-corrected chi connectivity index (χ1v) is 8.88. The third kappa shape index (κ3) is 2.56. The molecule has 2 amide bonds. The molecule has 3 heterocycles. The van der Waals surface area contributed by atoms with Crippen LogP contribution in [0.5, 0.6) is 0 Å². The van der Waals surface area contributed by atoms with E-state index >= 15 is 0 Å². The van der Waals surface area contributed by atoms with E-state index in [1.165, 1.54) is 0 Å². The van der Waals surface area contributed by atoms with Gasteiger partial charge in [0.1, 0.15) is 11.5 Å². The minimum Gasteiger partial charge on any atom is -0.359 e. The third-order valence-electron chi connectivity index (χ3n) is 4.99. The van der Waals surface area contributed by atoms with Gasteiger partial charge in [-0.3, -0.25) is 9.59 Å². The molecule has 0 bridgehead atoms. The van der Waals surface area contributed by atoms with Gasteiger partial charge in [0.05, 0.1) is 0 Å². The van der Waals surface area contributed by atoms with Gasteiger partial charge in [0, 0.05) is 41.5 Å². The van der Waals surface area contributed by atoms with Crippen molar-refractivity contribution in [3.05, 3.63) is 47.3 Å². The fourth-order valence-corrected chi connectivity index (χ4v) is 3.45. The fraction of sp³-hybridized carbons (Fsp3) is 0.316. The highest BCUT2D eigenvalue weighted by Crippen LogP contribution is 2.40. The zero-order chi connectivity index (χ0) is 17.7. The molecule has 1 saturated carbocycles. The Kier molecular flexibility index (Phi) is 3.34. The Labute approximate surface area is 149 Å². The number of aryl methyl sites for hydroxylation is 1. The van der Waals surface area contributed by atoms with Crippen LogP contribution in [0.4, 0.5) is 5.82 Å². The molecule has 1 fully saturated rings. The van der Waals surface area contributed by atoms with Crippen molar-refractivity contribution in [3.8, 4) is 0 Å². The summed E-state index contributed by atoms with van der Waals surface area (Å²) in [5.41, 5.74) is 2.06. The van der Waals surface area contributed by atoms with Crippen LogP contribution in [0, 0.1) is 0 Å². The van der Waals surface area contributed by atoms with Crippen LogP contribution in [0.25, 0.3) is 10.9 Å². The normalized spacial score (nSPS) is 16.8. The van der Waals surface area contributed by atoms with Crippen molar-refractivity contribution in [2.45, 2.75) is 31.7 Å². The molecule has 26 heavy (non-hydrogen) atoms. The first-order valence-electron chi connectivity index (χ1n) is 8.88. The Hall–Kier alpha value is -3.09. The lowest BCUT2D eigenvalue weighted by Crippen LogP contribution is -2.22. The summed E-state index contributed by atoms with van der Waals surface area (Å²) in [6.45, 7) is 1.41. The predicted molar refractivity (Wildman–Crippen MR) is 95.3 cm³/mol. The van der Waals surface area contributed by atoms with Crippen molar-refractivity contribution < 1.29 is 14.1 Å². The van der Waals surface area contributed by atoms with E-state index in [1.807, 2.05) is 22.8 Å². The van der Waals surface area contributed by atoms with Gasteiger partial charge in [0.15, 0.2) is 5.82 Å². The molecule has 2 aromatic heterocycles. The highest BCUT2D eigenvalue weighted by molar-refractivity contribution is 6.07. The number of carbonyl (C=O) groups is 2. The Morgan fingerprint density at radius 1 is 1.27 bits per heavy atom. The van der Waals surface area contributed by atoms with E-state index in [1.54, 1.807) is 12.1 Å². The van der Waals surface area contributed by atoms with Crippen LogP contribution in [0.15, 0.2) is 34.9 Å². The lowest BCUT2D eigenvalue weighted by Gasteiger charge is -2.06. The van der Waals surface area contributed by atoms with Crippen LogP contribution in [0.3, 0.4) is 0 Å². The van der Waals surface area contributed by atoms with Gasteiger partial charge in [0.2, 0.25) is 0 Å². The van der Waals surface area contributed by atoms with Crippen LogP contribution in [0.1, 0.15) is 51.8 Å². The van der Waals surface area contributed by atoms with E-state index in [4.69, 9.17) is 4.52 Å². The molecule has 0 unspecified atom stereocenters. The topological polar surface area (TPSA) is 89.2 Å². The molecule has 7 heteroatoms. The van der Waals surface area contributed by atoms with Gasteiger partial charge < -0.3 is 19.7 Å². The zero-order valence-corrected chi connectivity index (χ0v) is 14.1. The van der Waals surface area contributed by atoms with E-state index in [2.05, 4.69) is 15.8 Å². The van der Waals surface area contributed by atoms with Crippen molar-refractivity contribution in [1.29, 1.82) is 0 Å². The second-order valence-corrected chi connectivity index (χ2v) is 6.91. The number of nitrogens with zero attached hydrogens (tertiary/aromatic N) is 2. The molecule has 1 aromatic carbocycles. The van der Waals surface area contributed by atoms with Gasteiger partial charge in [-0.15, -0.1) is 0 Å². The second kappa shape index (κ2) is 5.72. The zero-order valence-electron chi connectivity index (χ0n) is 14.1. The predicted octanol–water partition coefficient (Wildman–Crippen LogP) is 2.89. The van der Waals surface area contributed by atoms with Crippen molar-refractivity contribution in [2.24, 2.45) is 0 Å². The van der Waals surface area contributed by atoms with Crippen LogP contribution < -0.4 is 10.6 Å². The lowest BCUT2D eigenvalue weighted by atomic mass is 10.1. The number of aromatic nitrogens is 2. The van der Waals surface area contributed by atoms with Crippen LogP contribution >= 0.6 is 0 Å². The summed E-state index contributed by atoms with van der Waals surface area (Å²) in [4.78, 5) is 24.8. The number of amides is 2. The van der Waals surface area contributed by atoms with E-state index in [-0.39, 0.29) is 11.8 Å². The molecule has 1 aliphatic carbocycles. The average molecular weight is 350 g/mol. The molecule has 2 aliphatic rings. The molecule has 5 rings (SSSR count). The van der Waals surface area contributed by atoms with E-state index < -0.39 is 0 Å². The highest BCUT2D eigenvalue weighted by atomic mass is 16.5. The van der Waals surface area contributed by atoms with Gasteiger partial charge in [-0.2, -0.15) is 0 Å². The maximum Gasteiger partial charge on any atom is 0.267 e. The molecule has 0 atom stereocenters. The second-order valence-electron chi connectivity index (χ2n) is 6.91. The standard InChI is InChI=1S/C19H18N4O3/c24-18(21-17-10-16(26-22-17)11-2-3-11)13-5-4-12-8-15-19(25)20-6-1-7-23(15)14(12)9-13/h4-5,8-11H,1-3,6-7H2,(H,20,25)(H,21,22,24). The maximum atomic E-state index is 12.6. The number of carbonyl (C=O) groups excluding carboxylic acids is 2. The Morgan fingerprint density at radius 3 is 3.00 bits per heavy atom. The fourth-order valence-electron chi connectivity index (χ4n) is 3.45. The maximum absolute atomic E-state index is 12.6. The smallest absolute Gasteiger partial charge is 0.267 e. The van der Waals surface area contributed by atoms with Crippen molar-refractivity contribution in [2.75, 3.05) is 11.9 Å². The molecule has 2 N–H and O–H groups in total. The first kappa shape index (κ1) is 15.2. The van der Waals surface area contributed by atoms with Crippen LogP contribution in [0.2, 0.25) is 0 Å². The number of benzene rings is 1. The molecule has 1 aliphatic heterocycles. The Bertz CT molecular complexity index is 1030. The van der Waals surface area contributed by atoms with E-state index in [9.17, 15) is 9.59 Å². The average Bonchev–Trinajstić information content (AvgIpc) is 3.33. The summed E-state index contributed by atoms with van der Waals surface area (Å²) in [5.74, 6) is 1.41. The molecule has 0 radical (unpaired) electrons. The van der Waals surface area contributed by atoms with Crippen molar-refractivity contribution in [1.82, 2.24) is 15.0 Å². The molecule has 0 spiro atoms. The van der Waals surface area contributed by atoms with Crippen LogP contribution in [-0.2, 0) is 6.54 Å². The summed E-state index contributed by atoms with van der Waals surface area (Å²) in [7, 11) is 0. The SMILES string of the molecule is O=C(Nc1cc(C2CC2)on1)c1ccc2cc3n(c2c1)CCCNC3=O. The summed E-state index contributed by atoms with van der Waals surface area (Å²) < 4.78 is 7.25. The molecular weight excluding hydrogens is 332 g/mol. The monoisotopic (exact) mass is 350 g/mol. The Morgan fingerprint density at radius 2 is 2.15 bits per heavy atom. The Balaban J connectivity index is 1.45. The minimum atomic E-state index is -0.240. The summed E-state index contributed by atoms with van der Waals surface area (Å²) in [6.07, 6.45) is 3.10. The first-order chi connectivity index (χ1) is 12.7. The summed E-state index contributed by atoms with van der Waals surface area (Å²) in [5, 5.41) is 10.6. The number of fused-ring (bicyclic) bond motifs is 3. The van der Waals surface area contributed by atoms with Gasteiger partial charge >= 0.3 is 0 Å². The quantitative estimate of drug-likeness (QED) is 0.760. The molecule has 0 saturated heterocycles. The minimum absolute atomic E-state index is 0.0695. The number of rotatable bonds is 3. The number of nitrogens with one attached hydrogen (secondary N) is 2. The summed E-state index contributed by atoms with van der Waals surface area (Å²) in [6, 6.07) is 9.13. The van der Waals surface area contributed by atoms with Gasteiger partial charge in [-0.25, -0.2) is 0 Å². The van der Waals surface area contributed by atoms with Gasteiger partial charge in [0.25, 0.3) is 11.8 Å². The number of hydrogen-bond acceptors (Lipinski definition) is 4. The van der Waals surface area contributed by atoms with Gasteiger partial charge in [-0.1, -0.05) is 11.2 Å². The lowest BCUT2D eigenvalue weighted by molar-refractivity contribution is 0.0950. The molecule has 132 valence electrons. The molecular formula is C19H18N4O3. The highest BCUT2D eigenvalue weighted by Gasteiger charge is 2.28. The number of anilines is 1.